The van der Waals surface area contributed by atoms with E-state index in [0.29, 0.717) is 31.0 Å². The summed E-state index contributed by atoms with van der Waals surface area (Å²) in [7, 11) is 0. The second-order valence-corrected chi connectivity index (χ2v) is 5.17. The Morgan fingerprint density at radius 1 is 1.43 bits per heavy atom. The van der Waals surface area contributed by atoms with E-state index in [1.807, 2.05) is 13.8 Å². The Kier molecular flexibility index (Phi) is 5.01. The van der Waals surface area contributed by atoms with Gasteiger partial charge < -0.3 is 20.0 Å². The van der Waals surface area contributed by atoms with E-state index in [1.165, 1.54) is 6.26 Å². The number of likely N-dealkylation sites (N-methyl/N-ethyl adjacent to an activating group) is 1. The number of carbonyl (C=O) groups is 2. The third-order valence-electron chi connectivity index (χ3n) is 3.98. The molecule has 1 aromatic heterocycles. The number of hydrogen-bond acceptors (Lipinski definition) is 4. The summed E-state index contributed by atoms with van der Waals surface area (Å²) in [6.45, 7) is 6.10. The molecule has 0 saturated carbocycles. The molecule has 6 nitrogen and oxygen atoms in total. The van der Waals surface area contributed by atoms with Gasteiger partial charge in [-0.1, -0.05) is 0 Å². The van der Waals surface area contributed by atoms with Gasteiger partial charge in [-0.05, 0) is 32.8 Å². The monoisotopic (exact) mass is 293 g/mol. The second-order valence-electron chi connectivity index (χ2n) is 5.17. The summed E-state index contributed by atoms with van der Waals surface area (Å²) in [6.07, 6.45) is 3.00. The first-order chi connectivity index (χ1) is 10.1. The van der Waals surface area contributed by atoms with Crippen molar-refractivity contribution in [2.75, 3.05) is 19.6 Å². The van der Waals surface area contributed by atoms with Crippen molar-refractivity contribution in [1.29, 1.82) is 0 Å². The van der Waals surface area contributed by atoms with E-state index in [-0.39, 0.29) is 24.4 Å². The van der Waals surface area contributed by atoms with Gasteiger partial charge in [-0.25, -0.2) is 0 Å². The molecule has 21 heavy (non-hydrogen) atoms. The highest BCUT2D eigenvalue weighted by atomic mass is 16.3. The largest absolute Gasteiger partial charge is 0.467 e. The van der Waals surface area contributed by atoms with Gasteiger partial charge in [0, 0.05) is 19.6 Å². The van der Waals surface area contributed by atoms with Gasteiger partial charge >= 0.3 is 0 Å². The molecule has 1 saturated heterocycles. The van der Waals surface area contributed by atoms with Gasteiger partial charge in [0.25, 0.3) is 5.91 Å². The maximum absolute atomic E-state index is 12.5. The van der Waals surface area contributed by atoms with E-state index in [0.717, 1.165) is 12.8 Å². The van der Waals surface area contributed by atoms with E-state index in [4.69, 9.17) is 10.2 Å². The second kappa shape index (κ2) is 6.76. The molecule has 0 aliphatic carbocycles. The number of furan rings is 1. The van der Waals surface area contributed by atoms with Crippen LogP contribution in [0, 0.1) is 0 Å². The minimum atomic E-state index is -0.353. The van der Waals surface area contributed by atoms with E-state index < -0.39 is 0 Å². The summed E-state index contributed by atoms with van der Waals surface area (Å²) >= 11 is 0. The first kappa shape index (κ1) is 15.6. The zero-order valence-electron chi connectivity index (χ0n) is 12.7. The Hall–Kier alpha value is -1.82. The van der Waals surface area contributed by atoms with Crippen LogP contribution in [-0.4, -0.2) is 47.3 Å². The van der Waals surface area contributed by atoms with Crippen LogP contribution >= 0.6 is 0 Å². The highest BCUT2D eigenvalue weighted by molar-refractivity contribution is 5.97. The molecule has 0 aromatic carbocycles. The number of nitrogens with two attached hydrogens (primary N) is 1. The van der Waals surface area contributed by atoms with Gasteiger partial charge in [-0.15, -0.1) is 0 Å². The lowest BCUT2D eigenvalue weighted by molar-refractivity contribution is -0.134. The SMILES string of the molecule is CCN(CC)C(=O)C1CCCN1C(=O)c1coc(CN)c1. The van der Waals surface area contributed by atoms with Gasteiger partial charge in [0.15, 0.2) is 0 Å². The average molecular weight is 293 g/mol. The molecular weight excluding hydrogens is 270 g/mol. The molecule has 6 heteroatoms. The first-order valence-corrected chi connectivity index (χ1v) is 7.49. The van der Waals surface area contributed by atoms with Crippen molar-refractivity contribution in [3.63, 3.8) is 0 Å². The summed E-state index contributed by atoms with van der Waals surface area (Å²) in [5, 5.41) is 0. The zero-order valence-corrected chi connectivity index (χ0v) is 12.7. The topological polar surface area (TPSA) is 79.8 Å². The molecule has 2 rings (SSSR count). The van der Waals surface area contributed by atoms with Crippen molar-refractivity contribution in [1.82, 2.24) is 9.80 Å². The molecule has 2 amide bonds. The van der Waals surface area contributed by atoms with Gasteiger partial charge in [-0.2, -0.15) is 0 Å². The number of carbonyl (C=O) groups excluding carboxylic acids is 2. The summed E-state index contributed by atoms with van der Waals surface area (Å²) in [5.74, 6) is 0.457. The predicted octanol–water partition coefficient (Wildman–Crippen LogP) is 1.21. The molecule has 0 radical (unpaired) electrons. The minimum Gasteiger partial charge on any atom is -0.467 e. The number of amides is 2. The molecule has 1 atom stereocenters. The number of nitrogens with zero attached hydrogens (tertiary/aromatic N) is 2. The Morgan fingerprint density at radius 2 is 2.14 bits per heavy atom. The Bertz CT molecular complexity index is 508. The highest BCUT2D eigenvalue weighted by Gasteiger charge is 2.36. The molecule has 1 fully saturated rings. The predicted molar refractivity (Wildman–Crippen MR) is 78.6 cm³/mol. The molecule has 0 bridgehead atoms. The van der Waals surface area contributed by atoms with Crippen molar-refractivity contribution in [2.45, 2.75) is 39.3 Å². The van der Waals surface area contributed by atoms with Gasteiger partial charge in [0.05, 0.1) is 12.1 Å². The Morgan fingerprint density at radius 3 is 2.71 bits per heavy atom. The molecule has 1 aliphatic rings. The molecule has 2 heterocycles. The lowest BCUT2D eigenvalue weighted by Crippen LogP contribution is -2.47. The fourth-order valence-electron chi connectivity index (χ4n) is 2.78. The van der Waals surface area contributed by atoms with Crippen LogP contribution < -0.4 is 5.73 Å². The molecule has 116 valence electrons. The smallest absolute Gasteiger partial charge is 0.257 e. The Labute approximate surface area is 124 Å². The fraction of sp³-hybridized carbons (Fsp3) is 0.600. The van der Waals surface area contributed by atoms with Crippen LogP contribution in [0.3, 0.4) is 0 Å². The maximum atomic E-state index is 12.5. The molecule has 1 unspecified atom stereocenters. The number of likely N-dealkylation sites (tertiary alicyclic amines) is 1. The normalized spacial score (nSPS) is 18.0. The van der Waals surface area contributed by atoms with Gasteiger partial charge in [0.2, 0.25) is 5.91 Å². The molecule has 1 aliphatic heterocycles. The lowest BCUT2D eigenvalue weighted by Gasteiger charge is -2.28. The summed E-state index contributed by atoms with van der Waals surface area (Å²) < 4.78 is 5.21. The quantitative estimate of drug-likeness (QED) is 0.885. The van der Waals surface area contributed by atoms with E-state index >= 15 is 0 Å². The number of rotatable bonds is 5. The third-order valence-corrected chi connectivity index (χ3v) is 3.98. The van der Waals surface area contributed by atoms with Crippen molar-refractivity contribution < 1.29 is 14.0 Å². The van der Waals surface area contributed by atoms with E-state index in [2.05, 4.69) is 0 Å². The minimum absolute atomic E-state index is 0.0355. The standard InChI is InChI=1S/C15H23N3O3/c1-3-17(4-2)15(20)13-6-5-7-18(13)14(19)11-8-12(9-16)21-10-11/h8,10,13H,3-7,9,16H2,1-2H3. The van der Waals surface area contributed by atoms with Crippen LogP contribution in [0.1, 0.15) is 42.8 Å². The lowest BCUT2D eigenvalue weighted by atomic mass is 10.1. The summed E-state index contributed by atoms with van der Waals surface area (Å²) in [5.41, 5.74) is 5.96. The average Bonchev–Trinajstić information content (AvgIpc) is 3.16. The van der Waals surface area contributed by atoms with Crippen molar-refractivity contribution in [2.24, 2.45) is 5.73 Å². The van der Waals surface area contributed by atoms with Crippen LogP contribution in [0.5, 0.6) is 0 Å². The van der Waals surface area contributed by atoms with Crippen LogP contribution in [-0.2, 0) is 11.3 Å². The molecule has 0 spiro atoms. The van der Waals surface area contributed by atoms with Crippen molar-refractivity contribution in [3.05, 3.63) is 23.7 Å². The van der Waals surface area contributed by atoms with E-state index in [1.54, 1.807) is 15.9 Å². The summed E-state index contributed by atoms with van der Waals surface area (Å²) in [6, 6.07) is 1.30. The fourth-order valence-corrected chi connectivity index (χ4v) is 2.78. The molecule has 1 aromatic rings. The molecular formula is C15H23N3O3. The summed E-state index contributed by atoms with van der Waals surface area (Å²) in [4.78, 5) is 28.5. The highest BCUT2D eigenvalue weighted by Crippen LogP contribution is 2.22. The number of hydrogen-bond donors (Lipinski definition) is 1. The molecule has 2 N–H and O–H groups in total. The van der Waals surface area contributed by atoms with Gasteiger partial charge in [0.1, 0.15) is 18.1 Å². The van der Waals surface area contributed by atoms with Crippen LogP contribution in [0.25, 0.3) is 0 Å². The zero-order chi connectivity index (χ0) is 15.4. The van der Waals surface area contributed by atoms with Crippen molar-refractivity contribution >= 4 is 11.8 Å². The van der Waals surface area contributed by atoms with Crippen LogP contribution in [0.15, 0.2) is 16.7 Å². The van der Waals surface area contributed by atoms with Gasteiger partial charge in [-0.3, -0.25) is 9.59 Å². The Balaban J connectivity index is 2.14. The van der Waals surface area contributed by atoms with E-state index in [9.17, 15) is 9.59 Å². The van der Waals surface area contributed by atoms with Crippen LogP contribution in [0.4, 0.5) is 0 Å². The first-order valence-electron chi connectivity index (χ1n) is 7.49. The van der Waals surface area contributed by atoms with Crippen molar-refractivity contribution in [3.8, 4) is 0 Å². The maximum Gasteiger partial charge on any atom is 0.257 e. The van der Waals surface area contributed by atoms with Crippen LogP contribution in [0.2, 0.25) is 0 Å². The third kappa shape index (κ3) is 3.10.